The minimum atomic E-state index is -0.418. The number of rotatable bonds is 5. The number of benzene rings is 1. The molecule has 0 aliphatic carbocycles. The monoisotopic (exact) mass is 283 g/mol. The maximum atomic E-state index is 11.4. The third-order valence-electron chi connectivity index (χ3n) is 2.03. The van der Waals surface area contributed by atoms with E-state index in [1.54, 1.807) is 36.0 Å². The summed E-state index contributed by atoms with van der Waals surface area (Å²) in [6.07, 6.45) is 1.66. The predicted octanol–water partition coefficient (Wildman–Crippen LogP) is 2.92. The van der Waals surface area contributed by atoms with E-state index in [1.165, 1.54) is 11.3 Å². The molecule has 0 atom stereocenters. The fraction of sp³-hybridized carbons (Fsp3) is 0.167. The standard InChI is InChI=1S/C12H10ClNO3S/c13-9-1-3-10(4-2-9)16-7-12(15)17-6-11-5-14-8-18-11/h1-5,8H,6-7H2. The SMILES string of the molecule is O=C(COc1ccc(Cl)cc1)OCc1cncs1. The third kappa shape index (κ3) is 4.01. The van der Waals surface area contributed by atoms with Gasteiger partial charge in [-0.25, -0.2) is 4.79 Å². The van der Waals surface area contributed by atoms with E-state index in [1.807, 2.05) is 0 Å². The molecule has 4 nitrogen and oxygen atoms in total. The molecule has 94 valence electrons. The Hall–Kier alpha value is -1.59. The fourth-order valence-electron chi connectivity index (χ4n) is 1.18. The molecule has 0 aliphatic rings. The first-order valence-electron chi connectivity index (χ1n) is 5.15. The van der Waals surface area contributed by atoms with Gasteiger partial charge in [-0.1, -0.05) is 11.6 Å². The number of carbonyl (C=O) groups excluding carboxylic acids is 1. The zero-order chi connectivity index (χ0) is 12.8. The Morgan fingerprint density at radius 3 is 2.78 bits per heavy atom. The number of halogens is 1. The average Bonchev–Trinajstić information content (AvgIpc) is 2.89. The Balaban J connectivity index is 1.73. The highest BCUT2D eigenvalue weighted by molar-refractivity contribution is 7.09. The van der Waals surface area contributed by atoms with E-state index in [-0.39, 0.29) is 13.2 Å². The molecule has 0 bridgehead atoms. The third-order valence-corrected chi connectivity index (χ3v) is 3.03. The number of ether oxygens (including phenoxy) is 2. The quantitative estimate of drug-likeness (QED) is 0.792. The summed E-state index contributed by atoms with van der Waals surface area (Å²) in [5.41, 5.74) is 1.69. The molecule has 0 fully saturated rings. The molecule has 1 aromatic carbocycles. The van der Waals surface area contributed by atoms with Crippen LogP contribution in [0.25, 0.3) is 0 Å². The lowest BCUT2D eigenvalue weighted by molar-refractivity contribution is -0.147. The second-order valence-corrected chi connectivity index (χ2v) is 4.78. The molecule has 18 heavy (non-hydrogen) atoms. The summed E-state index contributed by atoms with van der Waals surface area (Å²) in [4.78, 5) is 16.2. The molecule has 0 spiro atoms. The van der Waals surface area contributed by atoms with Gasteiger partial charge < -0.3 is 9.47 Å². The smallest absolute Gasteiger partial charge is 0.344 e. The van der Waals surface area contributed by atoms with Gasteiger partial charge in [-0.3, -0.25) is 4.98 Å². The lowest BCUT2D eigenvalue weighted by Gasteiger charge is -2.06. The molecule has 0 aliphatic heterocycles. The summed E-state index contributed by atoms with van der Waals surface area (Å²) >= 11 is 7.17. The minimum absolute atomic E-state index is 0.125. The zero-order valence-corrected chi connectivity index (χ0v) is 10.9. The highest BCUT2D eigenvalue weighted by Gasteiger charge is 2.05. The number of hydrogen-bond acceptors (Lipinski definition) is 5. The molecule has 0 N–H and O–H groups in total. The van der Waals surface area contributed by atoms with Crippen molar-refractivity contribution >= 4 is 28.9 Å². The zero-order valence-electron chi connectivity index (χ0n) is 9.34. The van der Waals surface area contributed by atoms with Gasteiger partial charge in [0.05, 0.1) is 10.4 Å². The van der Waals surface area contributed by atoms with Crippen molar-refractivity contribution in [2.75, 3.05) is 6.61 Å². The van der Waals surface area contributed by atoms with Crippen LogP contribution in [0.5, 0.6) is 5.75 Å². The van der Waals surface area contributed by atoms with Crippen LogP contribution in [0.15, 0.2) is 36.0 Å². The summed E-state index contributed by atoms with van der Waals surface area (Å²) in [7, 11) is 0. The van der Waals surface area contributed by atoms with Gasteiger partial charge in [0.1, 0.15) is 12.4 Å². The number of carbonyl (C=O) groups is 1. The van der Waals surface area contributed by atoms with E-state index in [0.717, 1.165) is 4.88 Å². The van der Waals surface area contributed by atoms with Crippen molar-refractivity contribution in [2.45, 2.75) is 6.61 Å². The molecule has 1 aromatic heterocycles. The molecule has 0 unspecified atom stereocenters. The van der Waals surface area contributed by atoms with Gasteiger partial charge in [-0.2, -0.15) is 0 Å². The average molecular weight is 284 g/mol. The van der Waals surface area contributed by atoms with E-state index < -0.39 is 5.97 Å². The molecule has 0 amide bonds. The number of thiazole rings is 1. The molecule has 0 saturated carbocycles. The van der Waals surface area contributed by atoms with Gasteiger partial charge in [-0.05, 0) is 24.3 Å². The van der Waals surface area contributed by atoms with Gasteiger partial charge in [0, 0.05) is 11.2 Å². The number of nitrogens with zero attached hydrogens (tertiary/aromatic N) is 1. The number of esters is 1. The summed E-state index contributed by atoms with van der Waals surface area (Å²) in [6.45, 7) is 0.105. The van der Waals surface area contributed by atoms with Gasteiger partial charge >= 0.3 is 5.97 Å². The van der Waals surface area contributed by atoms with E-state index in [2.05, 4.69) is 4.98 Å². The molecule has 2 rings (SSSR count). The summed E-state index contributed by atoms with van der Waals surface area (Å²) < 4.78 is 10.3. The summed E-state index contributed by atoms with van der Waals surface area (Å²) in [6, 6.07) is 6.77. The molecule has 1 heterocycles. The van der Waals surface area contributed by atoms with Crippen LogP contribution in [-0.4, -0.2) is 17.6 Å². The molecular weight excluding hydrogens is 274 g/mol. The minimum Gasteiger partial charge on any atom is -0.482 e. The first-order chi connectivity index (χ1) is 8.74. The van der Waals surface area contributed by atoms with E-state index >= 15 is 0 Å². The van der Waals surface area contributed by atoms with Crippen molar-refractivity contribution in [3.05, 3.63) is 45.9 Å². The van der Waals surface area contributed by atoms with Crippen molar-refractivity contribution in [3.8, 4) is 5.75 Å². The molecule has 2 aromatic rings. The highest BCUT2D eigenvalue weighted by atomic mass is 35.5. The van der Waals surface area contributed by atoms with Crippen molar-refractivity contribution in [1.29, 1.82) is 0 Å². The Morgan fingerprint density at radius 2 is 2.11 bits per heavy atom. The maximum Gasteiger partial charge on any atom is 0.344 e. The molecule has 0 radical (unpaired) electrons. The van der Waals surface area contributed by atoms with E-state index in [9.17, 15) is 4.79 Å². The van der Waals surface area contributed by atoms with Crippen LogP contribution in [0.4, 0.5) is 0 Å². The van der Waals surface area contributed by atoms with Crippen LogP contribution in [-0.2, 0) is 16.1 Å². The second kappa shape index (κ2) is 6.37. The van der Waals surface area contributed by atoms with E-state index in [4.69, 9.17) is 21.1 Å². The van der Waals surface area contributed by atoms with Crippen molar-refractivity contribution in [3.63, 3.8) is 0 Å². The van der Waals surface area contributed by atoms with Crippen LogP contribution in [0.2, 0.25) is 5.02 Å². The molecule has 0 saturated heterocycles. The topological polar surface area (TPSA) is 48.4 Å². The van der Waals surface area contributed by atoms with Gasteiger partial charge in [0.2, 0.25) is 0 Å². The first kappa shape index (κ1) is 12.9. The summed E-state index contributed by atoms with van der Waals surface area (Å²) in [5.74, 6) is 0.160. The van der Waals surface area contributed by atoms with Crippen LogP contribution in [0, 0.1) is 0 Å². The Bertz CT molecular complexity index is 499. The number of aromatic nitrogens is 1. The fourth-order valence-corrected chi connectivity index (χ4v) is 1.81. The van der Waals surface area contributed by atoms with Gasteiger partial charge in [-0.15, -0.1) is 11.3 Å². The predicted molar refractivity (Wildman–Crippen MR) is 68.9 cm³/mol. The largest absolute Gasteiger partial charge is 0.482 e. The summed E-state index contributed by atoms with van der Waals surface area (Å²) in [5, 5.41) is 0.620. The lowest BCUT2D eigenvalue weighted by Crippen LogP contribution is -2.14. The Morgan fingerprint density at radius 1 is 1.33 bits per heavy atom. The van der Waals surface area contributed by atoms with Crippen LogP contribution in [0.3, 0.4) is 0 Å². The van der Waals surface area contributed by atoms with Crippen LogP contribution in [0.1, 0.15) is 4.88 Å². The maximum absolute atomic E-state index is 11.4. The second-order valence-electron chi connectivity index (χ2n) is 3.37. The van der Waals surface area contributed by atoms with Crippen LogP contribution < -0.4 is 4.74 Å². The van der Waals surface area contributed by atoms with Crippen molar-refractivity contribution < 1.29 is 14.3 Å². The first-order valence-corrected chi connectivity index (χ1v) is 6.41. The van der Waals surface area contributed by atoms with Crippen molar-refractivity contribution in [1.82, 2.24) is 4.98 Å². The van der Waals surface area contributed by atoms with Crippen molar-refractivity contribution in [2.24, 2.45) is 0 Å². The van der Waals surface area contributed by atoms with Gasteiger partial charge in [0.25, 0.3) is 0 Å². The van der Waals surface area contributed by atoms with Crippen LogP contribution >= 0.6 is 22.9 Å². The Kier molecular flexibility index (Phi) is 4.55. The van der Waals surface area contributed by atoms with Gasteiger partial charge in [0.15, 0.2) is 6.61 Å². The molecular formula is C12H10ClNO3S. The number of hydrogen-bond donors (Lipinski definition) is 0. The molecule has 6 heteroatoms. The normalized spacial score (nSPS) is 10.1. The lowest BCUT2D eigenvalue weighted by atomic mass is 10.3. The Labute approximate surface area is 113 Å². The highest BCUT2D eigenvalue weighted by Crippen LogP contribution is 2.15. The van der Waals surface area contributed by atoms with E-state index in [0.29, 0.717) is 10.8 Å².